The van der Waals surface area contributed by atoms with Crippen LogP contribution >= 0.6 is 0 Å². The van der Waals surface area contributed by atoms with E-state index in [9.17, 15) is 0 Å². The molecule has 0 fully saturated rings. The van der Waals surface area contributed by atoms with Crippen LogP contribution < -0.4 is 0 Å². The summed E-state index contributed by atoms with van der Waals surface area (Å²) < 4.78 is 5.65. The third-order valence-electron chi connectivity index (χ3n) is 2.00. The molecule has 1 heterocycles. The fraction of sp³-hybridized carbons (Fsp3) is 0.667. The molecular formula is C12H20O2. The van der Waals surface area contributed by atoms with Crippen molar-refractivity contribution in [2.24, 2.45) is 5.41 Å². The van der Waals surface area contributed by atoms with Crippen molar-refractivity contribution in [3.8, 4) is 0 Å². The van der Waals surface area contributed by atoms with E-state index >= 15 is 0 Å². The van der Waals surface area contributed by atoms with Crippen molar-refractivity contribution in [1.29, 1.82) is 0 Å². The smallest absolute Gasteiger partial charge is 0.104 e. The van der Waals surface area contributed by atoms with Gasteiger partial charge in [0.2, 0.25) is 0 Å². The van der Waals surface area contributed by atoms with E-state index in [2.05, 4.69) is 20.8 Å². The number of aliphatic hydroxyl groups excluding tert-OH is 1. The third-order valence-corrected chi connectivity index (χ3v) is 2.00. The maximum atomic E-state index is 8.68. The van der Waals surface area contributed by atoms with Crippen LogP contribution in [0.3, 0.4) is 0 Å². The van der Waals surface area contributed by atoms with Gasteiger partial charge in [-0.3, -0.25) is 0 Å². The van der Waals surface area contributed by atoms with E-state index in [0.29, 0.717) is 0 Å². The second-order valence-corrected chi connectivity index (χ2v) is 4.93. The van der Waals surface area contributed by atoms with Gasteiger partial charge in [0.15, 0.2) is 0 Å². The summed E-state index contributed by atoms with van der Waals surface area (Å²) in [5.41, 5.74) is 0.270. The van der Waals surface area contributed by atoms with Gasteiger partial charge in [0.05, 0.1) is 0 Å². The molecule has 2 nitrogen and oxygen atoms in total. The Balaban J connectivity index is 2.51. The van der Waals surface area contributed by atoms with Gasteiger partial charge in [0, 0.05) is 19.4 Å². The summed E-state index contributed by atoms with van der Waals surface area (Å²) in [6.45, 7) is 6.82. The van der Waals surface area contributed by atoms with Gasteiger partial charge >= 0.3 is 0 Å². The van der Waals surface area contributed by atoms with E-state index in [0.717, 1.165) is 30.8 Å². The van der Waals surface area contributed by atoms with Crippen LogP contribution in [0.5, 0.6) is 0 Å². The molecule has 2 heteroatoms. The minimum Gasteiger partial charge on any atom is -0.466 e. The Bertz CT molecular complexity index is 268. The van der Waals surface area contributed by atoms with Crippen LogP contribution in [0, 0.1) is 5.41 Å². The van der Waals surface area contributed by atoms with Crippen molar-refractivity contribution in [1.82, 2.24) is 0 Å². The molecule has 0 bridgehead atoms. The maximum absolute atomic E-state index is 8.68. The van der Waals surface area contributed by atoms with Gasteiger partial charge in [0.25, 0.3) is 0 Å². The first-order chi connectivity index (χ1) is 6.51. The Hall–Kier alpha value is -0.760. The number of hydrogen-bond acceptors (Lipinski definition) is 2. The van der Waals surface area contributed by atoms with Crippen molar-refractivity contribution >= 4 is 0 Å². The second kappa shape index (κ2) is 4.65. The van der Waals surface area contributed by atoms with Gasteiger partial charge < -0.3 is 9.52 Å². The third kappa shape index (κ3) is 3.97. The number of aliphatic hydroxyl groups is 1. The van der Waals surface area contributed by atoms with Gasteiger partial charge in [-0.05, 0) is 24.0 Å². The van der Waals surface area contributed by atoms with Gasteiger partial charge in [-0.15, -0.1) is 0 Å². The lowest BCUT2D eigenvalue weighted by Crippen LogP contribution is -2.08. The molecule has 1 aromatic rings. The van der Waals surface area contributed by atoms with Crippen molar-refractivity contribution in [3.05, 3.63) is 23.7 Å². The highest BCUT2D eigenvalue weighted by atomic mass is 16.3. The summed E-state index contributed by atoms with van der Waals surface area (Å²) in [5, 5.41) is 8.68. The first-order valence-corrected chi connectivity index (χ1v) is 5.20. The van der Waals surface area contributed by atoms with Crippen LogP contribution in [0.25, 0.3) is 0 Å². The van der Waals surface area contributed by atoms with Gasteiger partial charge in [0.1, 0.15) is 11.5 Å². The van der Waals surface area contributed by atoms with Crippen molar-refractivity contribution in [2.45, 2.75) is 40.0 Å². The molecule has 14 heavy (non-hydrogen) atoms. The normalized spacial score (nSPS) is 12.0. The summed E-state index contributed by atoms with van der Waals surface area (Å²) in [7, 11) is 0. The van der Waals surface area contributed by atoms with Crippen molar-refractivity contribution < 1.29 is 9.52 Å². The molecular weight excluding hydrogens is 176 g/mol. The van der Waals surface area contributed by atoms with Crippen LogP contribution in [0.2, 0.25) is 0 Å². The molecule has 0 aliphatic rings. The first-order valence-electron chi connectivity index (χ1n) is 5.20. The molecule has 1 N–H and O–H groups in total. The lowest BCUT2D eigenvalue weighted by molar-refractivity contribution is 0.282. The minimum absolute atomic E-state index is 0.231. The zero-order valence-electron chi connectivity index (χ0n) is 9.34. The highest BCUT2D eigenvalue weighted by Crippen LogP contribution is 2.22. The number of furan rings is 1. The van der Waals surface area contributed by atoms with Gasteiger partial charge in [-0.2, -0.15) is 0 Å². The SMILES string of the molecule is CC(C)(C)Cc1ccc(CCCO)o1. The molecule has 0 saturated carbocycles. The standard InChI is InChI=1S/C12H20O2/c1-12(2,3)9-11-7-6-10(14-11)5-4-8-13/h6-7,13H,4-5,8-9H2,1-3H3. The van der Waals surface area contributed by atoms with E-state index in [1.54, 1.807) is 0 Å². The number of hydrogen-bond donors (Lipinski definition) is 1. The summed E-state index contributed by atoms with van der Waals surface area (Å²) in [4.78, 5) is 0. The monoisotopic (exact) mass is 196 g/mol. The van der Waals surface area contributed by atoms with E-state index < -0.39 is 0 Å². The van der Waals surface area contributed by atoms with E-state index in [1.807, 2.05) is 12.1 Å². The molecule has 0 unspecified atom stereocenters. The van der Waals surface area contributed by atoms with Gasteiger partial charge in [-0.1, -0.05) is 20.8 Å². The molecule has 0 atom stereocenters. The zero-order valence-corrected chi connectivity index (χ0v) is 9.34. The van der Waals surface area contributed by atoms with Crippen LogP contribution in [-0.4, -0.2) is 11.7 Å². The van der Waals surface area contributed by atoms with E-state index in [-0.39, 0.29) is 12.0 Å². The summed E-state index contributed by atoms with van der Waals surface area (Å²) in [5.74, 6) is 2.03. The summed E-state index contributed by atoms with van der Waals surface area (Å²) in [6, 6.07) is 4.05. The predicted octanol–water partition coefficient (Wildman–Crippen LogP) is 2.79. The molecule has 1 aromatic heterocycles. The fourth-order valence-corrected chi connectivity index (χ4v) is 1.43. The van der Waals surface area contributed by atoms with Crippen molar-refractivity contribution in [3.63, 3.8) is 0 Å². The molecule has 0 saturated heterocycles. The summed E-state index contributed by atoms with van der Waals surface area (Å²) in [6.07, 6.45) is 2.58. The minimum atomic E-state index is 0.231. The average Bonchev–Trinajstić information content (AvgIpc) is 2.46. The Morgan fingerprint density at radius 3 is 2.43 bits per heavy atom. The van der Waals surface area contributed by atoms with Gasteiger partial charge in [-0.25, -0.2) is 0 Å². The number of rotatable bonds is 4. The average molecular weight is 196 g/mol. The molecule has 0 aliphatic carbocycles. The second-order valence-electron chi connectivity index (χ2n) is 4.93. The number of aryl methyl sites for hydroxylation is 1. The zero-order chi connectivity index (χ0) is 10.6. The predicted molar refractivity (Wildman–Crippen MR) is 57.3 cm³/mol. The van der Waals surface area contributed by atoms with E-state index in [4.69, 9.17) is 9.52 Å². The molecule has 0 aliphatic heterocycles. The molecule has 1 rings (SSSR count). The highest BCUT2D eigenvalue weighted by molar-refractivity contribution is 5.08. The largest absolute Gasteiger partial charge is 0.466 e. The van der Waals surface area contributed by atoms with Crippen LogP contribution in [0.15, 0.2) is 16.5 Å². The van der Waals surface area contributed by atoms with E-state index in [1.165, 1.54) is 0 Å². The Morgan fingerprint density at radius 2 is 1.86 bits per heavy atom. The van der Waals surface area contributed by atoms with Crippen molar-refractivity contribution in [2.75, 3.05) is 6.61 Å². The molecule has 0 radical (unpaired) electrons. The lowest BCUT2D eigenvalue weighted by Gasteiger charge is -2.15. The quantitative estimate of drug-likeness (QED) is 0.803. The topological polar surface area (TPSA) is 33.4 Å². The van der Waals surface area contributed by atoms with Crippen LogP contribution in [0.4, 0.5) is 0 Å². The molecule has 0 spiro atoms. The maximum Gasteiger partial charge on any atom is 0.104 e. The molecule has 80 valence electrons. The van der Waals surface area contributed by atoms with Crippen LogP contribution in [0.1, 0.15) is 38.7 Å². The Kier molecular flexibility index (Phi) is 3.76. The molecule has 0 aromatic carbocycles. The highest BCUT2D eigenvalue weighted by Gasteiger charge is 2.13. The first kappa shape index (κ1) is 11.3. The van der Waals surface area contributed by atoms with Crippen LogP contribution in [-0.2, 0) is 12.8 Å². The summed E-state index contributed by atoms with van der Waals surface area (Å²) >= 11 is 0. The fourth-order valence-electron chi connectivity index (χ4n) is 1.43. The molecule has 0 amide bonds. The Morgan fingerprint density at radius 1 is 1.21 bits per heavy atom. The lowest BCUT2D eigenvalue weighted by atomic mass is 9.91. The Labute approximate surface area is 85.9 Å².